The molecule has 0 heterocycles. The van der Waals surface area contributed by atoms with Crippen molar-refractivity contribution in [3.8, 4) is 0 Å². The summed E-state index contributed by atoms with van der Waals surface area (Å²) in [6, 6.07) is -0.133. The SMILES string of the molecule is CCCN(CC1CC1)C(=O)NCC(C)C(=O)O. The number of carboxylic acids is 1. The summed E-state index contributed by atoms with van der Waals surface area (Å²) in [5.41, 5.74) is 0. The van der Waals surface area contributed by atoms with Crippen LogP contribution in [-0.4, -0.2) is 41.6 Å². The zero-order chi connectivity index (χ0) is 12.8. The molecule has 0 saturated heterocycles. The lowest BCUT2D eigenvalue weighted by molar-refractivity contribution is -0.140. The van der Waals surface area contributed by atoms with Gasteiger partial charge in [0, 0.05) is 19.6 Å². The number of nitrogens with zero attached hydrogens (tertiary/aromatic N) is 1. The molecule has 2 N–H and O–H groups in total. The molecule has 0 radical (unpaired) electrons. The predicted octanol–water partition coefficient (Wildman–Crippen LogP) is 1.54. The highest BCUT2D eigenvalue weighted by Crippen LogP contribution is 2.29. The first-order valence-corrected chi connectivity index (χ1v) is 6.30. The van der Waals surface area contributed by atoms with Crippen molar-refractivity contribution in [2.75, 3.05) is 19.6 Å². The van der Waals surface area contributed by atoms with E-state index in [-0.39, 0.29) is 12.6 Å². The van der Waals surface area contributed by atoms with E-state index in [9.17, 15) is 9.59 Å². The largest absolute Gasteiger partial charge is 0.481 e. The average Bonchev–Trinajstić information content (AvgIpc) is 3.08. The summed E-state index contributed by atoms with van der Waals surface area (Å²) in [6.45, 7) is 5.37. The van der Waals surface area contributed by atoms with E-state index in [2.05, 4.69) is 5.32 Å². The number of rotatable bonds is 7. The predicted molar refractivity (Wildman–Crippen MR) is 64.8 cm³/mol. The van der Waals surface area contributed by atoms with Crippen LogP contribution in [0, 0.1) is 11.8 Å². The first kappa shape index (κ1) is 13.8. The van der Waals surface area contributed by atoms with Crippen molar-refractivity contribution >= 4 is 12.0 Å². The maximum atomic E-state index is 11.8. The Morgan fingerprint density at radius 3 is 2.59 bits per heavy atom. The second-order valence-electron chi connectivity index (χ2n) is 4.81. The molecule has 1 aliphatic rings. The van der Waals surface area contributed by atoms with Gasteiger partial charge in [-0.3, -0.25) is 4.79 Å². The van der Waals surface area contributed by atoms with Crippen LogP contribution in [0.2, 0.25) is 0 Å². The number of aliphatic carboxylic acids is 1. The second-order valence-corrected chi connectivity index (χ2v) is 4.81. The van der Waals surface area contributed by atoms with Crippen molar-refractivity contribution < 1.29 is 14.7 Å². The van der Waals surface area contributed by atoms with Gasteiger partial charge in [0.25, 0.3) is 0 Å². The molecule has 5 heteroatoms. The third-order valence-electron chi connectivity index (χ3n) is 2.94. The molecule has 17 heavy (non-hydrogen) atoms. The fourth-order valence-electron chi connectivity index (χ4n) is 1.60. The van der Waals surface area contributed by atoms with Gasteiger partial charge >= 0.3 is 12.0 Å². The summed E-state index contributed by atoms with van der Waals surface area (Å²) in [4.78, 5) is 24.3. The number of carbonyl (C=O) groups excluding carboxylic acids is 1. The Morgan fingerprint density at radius 2 is 2.12 bits per heavy atom. The van der Waals surface area contributed by atoms with Gasteiger partial charge in [-0.2, -0.15) is 0 Å². The maximum absolute atomic E-state index is 11.8. The van der Waals surface area contributed by atoms with Crippen LogP contribution < -0.4 is 5.32 Å². The Labute approximate surface area is 102 Å². The number of carbonyl (C=O) groups is 2. The summed E-state index contributed by atoms with van der Waals surface area (Å²) in [7, 11) is 0. The zero-order valence-corrected chi connectivity index (χ0v) is 10.6. The van der Waals surface area contributed by atoms with Gasteiger partial charge in [-0.15, -0.1) is 0 Å². The average molecular weight is 242 g/mol. The summed E-state index contributed by atoms with van der Waals surface area (Å²) in [5.74, 6) is -0.762. The molecule has 1 saturated carbocycles. The van der Waals surface area contributed by atoms with Crippen LogP contribution in [0.1, 0.15) is 33.1 Å². The Morgan fingerprint density at radius 1 is 1.47 bits per heavy atom. The topological polar surface area (TPSA) is 69.6 Å². The Balaban J connectivity index is 2.32. The lowest BCUT2D eigenvalue weighted by Crippen LogP contribution is -2.43. The van der Waals surface area contributed by atoms with Gasteiger partial charge in [0.1, 0.15) is 0 Å². The summed E-state index contributed by atoms with van der Waals surface area (Å²) >= 11 is 0. The van der Waals surface area contributed by atoms with E-state index in [1.54, 1.807) is 11.8 Å². The Hall–Kier alpha value is -1.26. The maximum Gasteiger partial charge on any atom is 0.317 e. The molecule has 0 bridgehead atoms. The third kappa shape index (κ3) is 5.06. The highest BCUT2D eigenvalue weighted by Gasteiger charge is 2.26. The van der Waals surface area contributed by atoms with Crippen molar-refractivity contribution in [3.63, 3.8) is 0 Å². The van der Waals surface area contributed by atoms with E-state index < -0.39 is 11.9 Å². The van der Waals surface area contributed by atoms with Gasteiger partial charge < -0.3 is 15.3 Å². The number of nitrogens with one attached hydrogen (secondary N) is 1. The molecule has 0 aromatic rings. The fraction of sp³-hybridized carbons (Fsp3) is 0.833. The summed E-state index contributed by atoms with van der Waals surface area (Å²) < 4.78 is 0. The highest BCUT2D eigenvalue weighted by molar-refractivity contribution is 5.75. The van der Waals surface area contributed by atoms with E-state index in [1.807, 2.05) is 6.92 Å². The van der Waals surface area contributed by atoms with Crippen molar-refractivity contribution in [2.24, 2.45) is 11.8 Å². The van der Waals surface area contributed by atoms with E-state index in [1.165, 1.54) is 12.8 Å². The minimum absolute atomic E-state index is 0.133. The molecular formula is C12H22N2O3. The summed E-state index contributed by atoms with van der Waals surface area (Å²) in [5, 5.41) is 11.4. The van der Waals surface area contributed by atoms with Crippen LogP contribution in [0.15, 0.2) is 0 Å². The molecule has 1 aliphatic carbocycles. The Bertz CT molecular complexity index is 277. The van der Waals surface area contributed by atoms with Crippen LogP contribution in [0.25, 0.3) is 0 Å². The zero-order valence-electron chi connectivity index (χ0n) is 10.6. The van der Waals surface area contributed by atoms with Gasteiger partial charge in [0.2, 0.25) is 0 Å². The molecule has 0 aromatic carbocycles. The van der Waals surface area contributed by atoms with Gasteiger partial charge in [-0.1, -0.05) is 13.8 Å². The number of hydrogen-bond donors (Lipinski definition) is 2. The van der Waals surface area contributed by atoms with Crippen molar-refractivity contribution in [3.05, 3.63) is 0 Å². The smallest absolute Gasteiger partial charge is 0.317 e. The van der Waals surface area contributed by atoms with E-state index in [0.29, 0.717) is 5.92 Å². The second kappa shape index (κ2) is 6.47. The lowest BCUT2D eigenvalue weighted by atomic mass is 10.2. The molecule has 1 fully saturated rings. The van der Waals surface area contributed by atoms with Crippen LogP contribution in [0.4, 0.5) is 4.79 Å². The van der Waals surface area contributed by atoms with Crippen LogP contribution in [-0.2, 0) is 4.79 Å². The van der Waals surface area contributed by atoms with Gasteiger partial charge in [0.15, 0.2) is 0 Å². The quantitative estimate of drug-likeness (QED) is 0.711. The van der Waals surface area contributed by atoms with Crippen molar-refractivity contribution in [2.45, 2.75) is 33.1 Å². The summed E-state index contributed by atoms with van der Waals surface area (Å²) in [6.07, 6.45) is 3.34. The molecule has 0 spiro atoms. The fourth-order valence-corrected chi connectivity index (χ4v) is 1.60. The minimum Gasteiger partial charge on any atom is -0.481 e. The molecule has 1 unspecified atom stereocenters. The molecule has 0 aliphatic heterocycles. The van der Waals surface area contributed by atoms with Crippen molar-refractivity contribution in [1.82, 2.24) is 10.2 Å². The van der Waals surface area contributed by atoms with Crippen molar-refractivity contribution in [1.29, 1.82) is 0 Å². The van der Waals surface area contributed by atoms with Gasteiger partial charge in [-0.25, -0.2) is 4.79 Å². The van der Waals surface area contributed by atoms with Crippen LogP contribution in [0.5, 0.6) is 0 Å². The van der Waals surface area contributed by atoms with E-state index in [0.717, 1.165) is 19.5 Å². The number of amides is 2. The highest BCUT2D eigenvalue weighted by atomic mass is 16.4. The van der Waals surface area contributed by atoms with E-state index in [4.69, 9.17) is 5.11 Å². The molecule has 1 atom stereocenters. The molecule has 2 amide bonds. The number of carboxylic acid groups (broad SMARTS) is 1. The third-order valence-corrected chi connectivity index (χ3v) is 2.94. The van der Waals surface area contributed by atoms with Gasteiger partial charge in [-0.05, 0) is 25.2 Å². The molecule has 0 aromatic heterocycles. The van der Waals surface area contributed by atoms with Crippen LogP contribution in [0.3, 0.4) is 0 Å². The molecular weight excluding hydrogens is 220 g/mol. The Kier molecular flexibility index (Phi) is 5.25. The first-order valence-electron chi connectivity index (χ1n) is 6.30. The first-order chi connectivity index (χ1) is 8.04. The number of hydrogen-bond acceptors (Lipinski definition) is 2. The van der Waals surface area contributed by atoms with Crippen LogP contribution >= 0.6 is 0 Å². The molecule has 1 rings (SSSR count). The monoisotopic (exact) mass is 242 g/mol. The lowest BCUT2D eigenvalue weighted by Gasteiger charge is -2.23. The molecule has 98 valence electrons. The minimum atomic E-state index is -0.880. The standard InChI is InChI=1S/C12H22N2O3/c1-3-6-14(8-10-4-5-10)12(17)13-7-9(2)11(15)16/h9-10H,3-8H2,1-2H3,(H,13,17)(H,15,16). The number of urea groups is 1. The molecule has 5 nitrogen and oxygen atoms in total. The van der Waals surface area contributed by atoms with E-state index >= 15 is 0 Å². The normalized spacial score (nSPS) is 16.4. The van der Waals surface area contributed by atoms with Gasteiger partial charge in [0.05, 0.1) is 5.92 Å².